The summed E-state index contributed by atoms with van der Waals surface area (Å²) in [5.41, 5.74) is 6.10. The first-order valence-corrected chi connectivity index (χ1v) is 5.22. The molecule has 1 aromatic carbocycles. The molecule has 0 spiro atoms. The van der Waals surface area contributed by atoms with E-state index in [1.807, 2.05) is 0 Å². The Kier molecular flexibility index (Phi) is 4.17. The van der Waals surface area contributed by atoms with Crippen molar-refractivity contribution in [1.29, 1.82) is 0 Å². The van der Waals surface area contributed by atoms with Gasteiger partial charge in [-0.05, 0) is 19.4 Å². The summed E-state index contributed by atoms with van der Waals surface area (Å²) in [5, 5.41) is 13.3. The minimum absolute atomic E-state index is 0.00407. The number of rotatable bonds is 4. The van der Waals surface area contributed by atoms with Crippen LogP contribution in [0.5, 0.6) is 0 Å². The number of amides is 1. The van der Waals surface area contributed by atoms with Gasteiger partial charge in [0.2, 0.25) is 5.91 Å². The SMILES string of the molecule is CC(NC(=O)[C@@H](C)N)c1cccc([N+](=O)[O-])c1. The Hall–Kier alpha value is -1.95. The van der Waals surface area contributed by atoms with Crippen LogP contribution < -0.4 is 11.1 Å². The highest BCUT2D eigenvalue weighted by molar-refractivity contribution is 5.81. The minimum Gasteiger partial charge on any atom is -0.348 e. The molecule has 0 bridgehead atoms. The third-order valence-corrected chi connectivity index (χ3v) is 2.35. The summed E-state index contributed by atoms with van der Waals surface area (Å²) >= 11 is 0. The van der Waals surface area contributed by atoms with Crippen LogP contribution in [0.1, 0.15) is 25.5 Å². The van der Waals surface area contributed by atoms with Crippen molar-refractivity contribution in [2.24, 2.45) is 5.73 Å². The van der Waals surface area contributed by atoms with Crippen LogP contribution in [-0.4, -0.2) is 16.9 Å². The molecule has 0 fully saturated rings. The van der Waals surface area contributed by atoms with E-state index in [9.17, 15) is 14.9 Å². The monoisotopic (exact) mass is 237 g/mol. The highest BCUT2D eigenvalue weighted by Crippen LogP contribution is 2.18. The number of nitro groups is 1. The lowest BCUT2D eigenvalue weighted by Crippen LogP contribution is -2.39. The maximum atomic E-state index is 11.4. The molecule has 0 aliphatic carbocycles. The van der Waals surface area contributed by atoms with Crippen molar-refractivity contribution in [3.8, 4) is 0 Å². The summed E-state index contributed by atoms with van der Waals surface area (Å²) in [7, 11) is 0. The zero-order chi connectivity index (χ0) is 13.0. The number of nitrogens with two attached hydrogens (primary N) is 1. The first-order valence-electron chi connectivity index (χ1n) is 5.22. The van der Waals surface area contributed by atoms with Crippen molar-refractivity contribution < 1.29 is 9.72 Å². The molecule has 0 saturated heterocycles. The standard InChI is InChI=1S/C11H15N3O3/c1-7(12)11(15)13-8(2)9-4-3-5-10(6-9)14(16)17/h3-8H,12H2,1-2H3,(H,13,15)/t7-,8?/m1/s1. The summed E-state index contributed by atoms with van der Waals surface area (Å²) in [4.78, 5) is 21.5. The lowest BCUT2D eigenvalue weighted by Gasteiger charge is -2.15. The maximum absolute atomic E-state index is 11.4. The van der Waals surface area contributed by atoms with Crippen LogP contribution in [0.25, 0.3) is 0 Å². The second-order valence-corrected chi connectivity index (χ2v) is 3.87. The van der Waals surface area contributed by atoms with Gasteiger partial charge in [-0.2, -0.15) is 0 Å². The highest BCUT2D eigenvalue weighted by atomic mass is 16.6. The van der Waals surface area contributed by atoms with Gasteiger partial charge in [-0.3, -0.25) is 14.9 Å². The van der Waals surface area contributed by atoms with E-state index in [1.54, 1.807) is 26.0 Å². The van der Waals surface area contributed by atoms with Gasteiger partial charge in [-0.15, -0.1) is 0 Å². The molecule has 3 N–H and O–H groups in total. The molecule has 6 heteroatoms. The summed E-state index contributed by atoms with van der Waals surface area (Å²) < 4.78 is 0. The third kappa shape index (κ3) is 3.53. The Bertz CT molecular complexity index is 432. The smallest absolute Gasteiger partial charge is 0.269 e. The van der Waals surface area contributed by atoms with Crippen LogP contribution in [0.3, 0.4) is 0 Å². The number of benzene rings is 1. The molecular weight excluding hydrogens is 222 g/mol. The van der Waals surface area contributed by atoms with Gasteiger partial charge in [0.25, 0.3) is 5.69 Å². The molecule has 2 atom stereocenters. The molecule has 1 rings (SSSR count). The largest absolute Gasteiger partial charge is 0.348 e. The predicted octanol–water partition coefficient (Wildman–Crippen LogP) is 1.12. The lowest BCUT2D eigenvalue weighted by atomic mass is 10.1. The van der Waals surface area contributed by atoms with Gasteiger partial charge in [-0.1, -0.05) is 12.1 Å². The van der Waals surface area contributed by atoms with Gasteiger partial charge in [0.15, 0.2) is 0 Å². The van der Waals surface area contributed by atoms with Gasteiger partial charge in [0.05, 0.1) is 17.0 Å². The van der Waals surface area contributed by atoms with Crippen LogP contribution in [0.4, 0.5) is 5.69 Å². The maximum Gasteiger partial charge on any atom is 0.269 e. The average molecular weight is 237 g/mol. The number of carbonyl (C=O) groups is 1. The number of non-ortho nitro benzene ring substituents is 1. The fraction of sp³-hybridized carbons (Fsp3) is 0.364. The number of nitrogens with zero attached hydrogens (tertiary/aromatic N) is 1. The van der Waals surface area contributed by atoms with Crippen molar-refractivity contribution in [3.05, 3.63) is 39.9 Å². The first-order chi connectivity index (χ1) is 7.91. The van der Waals surface area contributed by atoms with Crippen molar-refractivity contribution in [2.45, 2.75) is 25.9 Å². The number of carbonyl (C=O) groups excluding carboxylic acids is 1. The van der Waals surface area contributed by atoms with E-state index in [0.29, 0.717) is 5.56 Å². The van der Waals surface area contributed by atoms with Gasteiger partial charge < -0.3 is 11.1 Å². The molecule has 92 valence electrons. The van der Waals surface area contributed by atoms with Crippen molar-refractivity contribution in [1.82, 2.24) is 5.32 Å². The summed E-state index contributed by atoms with van der Waals surface area (Å²) in [6.45, 7) is 3.33. The fourth-order valence-corrected chi connectivity index (χ4v) is 1.34. The predicted molar refractivity (Wildman–Crippen MR) is 63.3 cm³/mol. The van der Waals surface area contributed by atoms with E-state index < -0.39 is 11.0 Å². The zero-order valence-corrected chi connectivity index (χ0v) is 9.71. The molecule has 1 aromatic rings. The van der Waals surface area contributed by atoms with E-state index in [4.69, 9.17) is 5.73 Å². The molecular formula is C11H15N3O3. The van der Waals surface area contributed by atoms with E-state index in [0.717, 1.165) is 0 Å². The molecule has 1 unspecified atom stereocenters. The Morgan fingerprint density at radius 1 is 1.47 bits per heavy atom. The highest BCUT2D eigenvalue weighted by Gasteiger charge is 2.14. The Balaban J connectivity index is 2.82. The third-order valence-electron chi connectivity index (χ3n) is 2.35. The molecule has 6 nitrogen and oxygen atoms in total. The summed E-state index contributed by atoms with van der Waals surface area (Å²) in [6, 6.07) is 5.24. The Morgan fingerprint density at radius 3 is 2.65 bits per heavy atom. The molecule has 0 heterocycles. The van der Waals surface area contributed by atoms with Crippen LogP contribution in [0.2, 0.25) is 0 Å². The summed E-state index contributed by atoms with van der Waals surface area (Å²) in [5.74, 6) is -0.288. The van der Waals surface area contributed by atoms with Crippen LogP contribution in [0.15, 0.2) is 24.3 Å². The van der Waals surface area contributed by atoms with Crippen LogP contribution in [-0.2, 0) is 4.79 Å². The van der Waals surface area contributed by atoms with Crippen molar-refractivity contribution >= 4 is 11.6 Å². The number of hydrogen-bond donors (Lipinski definition) is 2. The van der Waals surface area contributed by atoms with Gasteiger partial charge in [0.1, 0.15) is 0 Å². The Morgan fingerprint density at radius 2 is 2.12 bits per heavy atom. The first kappa shape index (κ1) is 13.1. The van der Waals surface area contributed by atoms with Crippen LogP contribution >= 0.6 is 0 Å². The summed E-state index contributed by atoms with van der Waals surface area (Å²) in [6.07, 6.45) is 0. The number of nitro benzene ring substituents is 1. The number of nitrogens with one attached hydrogen (secondary N) is 1. The molecule has 0 aliphatic heterocycles. The van der Waals surface area contributed by atoms with E-state index in [-0.39, 0.29) is 17.6 Å². The van der Waals surface area contributed by atoms with Crippen LogP contribution in [0, 0.1) is 10.1 Å². The molecule has 0 aliphatic rings. The number of hydrogen-bond acceptors (Lipinski definition) is 4. The second-order valence-electron chi connectivity index (χ2n) is 3.87. The second kappa shape index (κ2) is 5.40. The quantitative estimate of drug-likeness (QED) is 0.605. The van der Waals surface area contributed by atoms with Gasteiger partial charge in [0, 0.05) is 12.1 Å². The minimum atomic E-state index is -0.601. The topological polar surface area (TPSA) is 98.3 Å². The van der Waals surface area contributed by atoms with Crippen molar-refractivity contribution in [3.63, 3.8) is 0 Å². The Labute approximate surface area is 99.0 Å². The average Bonchev–Trinajstić information content (AvgIpc) is 2.28. The van der Waals surface area contributed by atoms with E-state index in [2.05, 4.69) is 5.32 Å². The van der Waals surface area contributed by atoms with Crippen molar-refractivity contribution in [2.75, 3.05) is 0 Å². The van der Waals surface area contributed by atoms with Gasteiger partial charge in [-0.25, -0.2) is 0 Å². The van der Waals surface area contributed by atoms with E-state index >= 15 is 0 Å². The normalized spacial score (nSPS) is 13.8. The van der Waals surface area contributed by atoms with E-state index in [1.165, 1.54) is 12.1 Å². The molecule has 0 radical (unpaired) electrons. The molecule has 1 amide bonds. The molecule has 0 saturated carbocycles. The molecule has 0 aromatic heterocycles. The zero-order valence-electron chi connectivity index (χ0n) is 9.71. The van der Waals surface area contributed by atoms with Gasteiger partial charge >= 0.3 is 0 Å². The molecule has 17 heavy (non-hydrogen) atoms. The lowest BCUT2D eigenvalue weighted by molar-refractivity contribution is -0.384. The fourth-order valence-electron chi connectivity index (χ4n) is 1.34.